The number of carbonyl (C=O) groups excluding carboxylic acids is 1. The minimum absolute atomic E-state index is 0.142. The van der Waals surface area contributed by atoms with Crippen molar-refractivity contribution in [3.05, 3.63) is 35.7 Å². The van der Waals surface area contributed by atoms with Gasteiger partial charge < -0.3 is 14.7 Å². The van der Waals surface area contributed by atoms with Gasteiger partial charge in [-0.2, -0.15) is 4.98 Å². The van der Waals surface area contributed by atoms with Gasteiger partial charge in [-0.25, -0.2) is 0 Å². The van der Waals surface area contributed by atoms with E-state index in [4.69, 9.17) is 4.52 Å². The minimum Gasteiger partial charge on any atom is -0.352 e. The van der Waals surface area contributed by atoms with Gasteiger partial charge in [0.05, 0.1) is 5.41 Å². The second-order valence-corrected chi connectivity index (χ2v) is 7.05. The van der Waals surface area contributed by atoms with Gasteiger partial charge in [-0.05, 0) is 38.4 Å². The summed E-state index contributed by atoms with van der Waals surface area (Å²) in [4.78, 5) is 19.2. The molecule has 1 amide bonds. The van der Waals surface area contributed by atoms with Gasteiger partial charge in [0.2, 0.25) is 17.6 Å². The molecule has 0 spiro atoms. The molecule has 6 nitrogen and oxygen atoms in total. The number of piperidine rings is 1. The fourth-order valence-corrected chi connectivity index (χ4v) is 3.38. The number of hydrogen-bond donors (Lipinski definition) is 1. The molecule has 0 radical (unpaired) electrons. The number of hydrogen-bond acceptors (Lipinski definition) is 5. The van der Waals surface area contributed by atoms with Crippen molar-refractivity contribution in [2.45, 2.75) is 40.2 Å². The molecule has 1 aliphatic rings. The number of benzene rings is 1. The first-order chi connectivity index (χ1) is 12.0. The lowest BCUT2D eigenvalue weighted by atomic mass is 9.81. The van der Waals surface area contributed by atoms with Crippen LogP contribution in [0.15, 0.2) is 28.8 Å². The van der Waals surface area contributed by atoms with Crippen molar-refractivity contribution in [3.63, 3.8) is 0 Å². The zero-order chi connectivity index (χ0) is 17.9. The molecular formula is C19H26N4O2. The van der Waals surface area contributed by atoms with Gasteiger partial charge in [-0.1, -0.05) is 36.3 Å². The van der Waals surface area contributed by atoms with E-state index in [0.717, 1.165) is 43.6 Å². The molecule has 1 saturated heterocycles. The van der Waals surface area contributed by atoms with E-state index in [9.17, 15) is 4.79 Å². The molecule has 0 aliphatic carbocycles. The summed E-state index contributed by atoms with van der Waals surface area (Å²) in [5.41, 5.74) is 1.67. The molecular weight excluding hydrogens is 316 g/mol. The molecule has 1 aliphatic heterocycles. The van der Waals surface area contributed by atoms with Crippen LogP contribution in [0.1, 0.15) is 38.1 Å². The van der Waals surface area contributed by atoms with E-state index < -0.39 is 0 Å². The van der Waals surface area contributed by atoms with Gasteiger partial charge in [0, 0.05) is 25.6 Å². The molecule has 1 fully saturated rings. The van der Waals surface area contributed by atoms with E-state index in [2.05, 4.69) is 34.2 Å². The highest BCUT2D eigenvalue weighted by Crippen LogP contribution is 2.29. The molecule has 134 valence electrons. The number of likely N-dealkylation sites (tertiary alicyclic amines) is 1. The highest BCUT2D eigenvalue weighted by molar-refractivity contribution is 5.82. The Morgan fingerprint density at radius 2 is 2.12 bits per heavy atom. The maximum absolute atomic E-state index is 12.7. The SMILES string of the molecule is CCN1CCCC(C)(C(=O)NCc2ccc(-c3noc(C)n3)cc2)C1. The molecule has 1 aromatic heterocycles. The van der Waals surface area contributed by atoms with E-state index in [1.54, 1.807) is 6.92 Å². The Balaban J connectivity index is 1.58. The summed E-state index contributed by atoms with van der Waals surface area (Å²) >= 11 is 0. The molecule has 0 saturated carbocycles. The van der Waals surface area contributed by atoms with Gasteiger partial charge in [-0.3, -0.25) is 4.79 Å². The summed E-state index contributed by atoms with van der Waals surface area (Å²) < 4.78 is 5.00. The predicted molar refractivity (Wildman–Crippen MR) is 95.8 cm³/mol. The maximum atomic E-state index is 12.7. The molecule has 0 bridgehead atoms. The number of carbonyl (C=O) groups is 1. The average molecular weight is 342 g/mol. The van der Waals surface area contributed by atoms with Gasteiger partial charge in [0.15, 0.2) is 0 Å². The minimum atomic E-state index is -0.295. The molecule has 6 heteroatoms. The standard InChI is InChI=1S/C19H26N4O2/c1-4-23-11-5-10-19(3,13-23)18(24)20-12-15-6-8-16(9-7-15)17-21-14(2)25-22-17/h6-9H,4-5,10-13H2,1-3H3,(H,20,24). The van der Waals surface area contributed by atoms with Crippen LogP contribution < -0.4 is 5.32 Å². The van der Waals surface area contributed by atoms with Crippen molar-refractivity contribution in [1.29, 1.82) is 0 Å². The van der Waals surface area contributed by atoms with E-state index >= 15 is 0 Å². The Bertz CT molecular complexity index is 725. The quantitative estimate of drug-likeness (QED) is 0.905. The number of rotatable bonds is 5. The first kappa shape index (κ1) is 17.6. The molecule has 2 aromatic rings. The topological polar surface area (TPSA) is 71.3 Å². The molecule has 2 heterocycles. The fourth-order valence-electron chi connectivity index (χ4n) is 3.38. The normalized spacial score (nSPS) is 21.2. The lowest BCUT2D eigenvalue weighted by Gasteiger charge is -2.38. The Hall–Kier alpha value is -2.21. The highest BCUT2D eigenvalue weighted by atomic mass is 16.5. The molecule has 1 atom stereocenters. The number of aromatic nitrogens is 2. The second kappa shape index (κ2) is 7.35. The summed E-state index contributed by atoms with van der Waals surface area (Å²) in [6.07, 6.45) is 2.03. The molecule has 1 aromatic carbocycles. The number of nitrogens with zero attached hydrogens (tertiary/aromatic N) is 3. The fraction of sp³-hybridized carbons (Fsp3) is 0.526. The average Bonchev–Trinajstić information content (AvgIpc) is 3.06. The van der Waals surface area contributed by atoms with Crippen LogP contribution in [0.4, 0.5) is 0 Å². The highest BCUT2D eigenvalue weighted by Gasteiger charge is 2.37. The van der Waals surface area contributed by atoms with Crippen LogP contribution in [0.5, 0.6) is 0 Å². The van der Waals surface area contributed by atoms with Crippen molar-refractivity contribution >= 4 is 5.91 Å². The van der Waals surface area contributed by atoms with Crippen LogP contribution in [0, 0.1) is 12.3 Å². The summed E-state index contributed by atoms with van der Waals surface area (Å²) in [7, 11) is 0. The van der Waals surface area contributed by atoms with Gasteiger partial charge in [0.25, 0.3) is 0 Å². The summed E-state index contributed by atoms with van der Waals surface area (Å²) in [6.45, 7) is 9.46. The van der Waals surface area contributed by atoms with E-state index in [1.807, 2.05) is 24.3 Å². The molecule has 25 heavy (non-hydrogen) atoms. The monoisotopic (exact) mass is 342 g/mol. The third-order valence-corrected chi connectivity index (χ3v) is 4.96. The third kappa shape index (κ3) is 4.07. The van der Waals surface area contributed by atoms with Crippen LogP contribution in [0.3, 0.4) is 0 Å². The maximum Gasteiger partial charge on any atom is 0.227 e. The smallest absolute Gasteiger partial charge is 0.227 e. The Kier molecular flexibility index (Phi) is 5.18. The first-order valence-electron chi connectivity index (χ1n) is 8.90. The van der Waals surface area contributed by atoms with Crippen LogP contribution in [-0.2, 0) is 11.3 Å². The second-order valence-electron chi connectivity index (χ2n) is 7.05. The summed E-state index contributed by atoms with van der Waals surface area (Å²) in [5.74, 6) is 1.28. The van der Waals surface area contributed by atoms with Gasteiger partial charge in [-0.15, -0.1) is 0 Å². The van der Waals surface area contributed by atoms with E-state index in [1.165, 1.54) is 0 Å². The van der Waals surface area contributed by atoms with Crippen LogP contribution in [0.25, 0.3) is 11.4 Å². The molecule has 1 N–H and O–H groups in total. The van der Waals surface area contributed by atoms with Gasteiger partial charge in [0.1, 0.15) is 0 Å². The van der Waals surface area contributed by atoms with Crippen molar-refractivity contribution < 1.29 is 9.32 Å². The zero-order valence-corrected chi connectivity index (χ0v) is 15.2. The lowest BCUT2D eigenvalue weighted by Crippen LogP contribution is -2.50. The molecule has 1 unspecified atom stereocenters. The summed E-state index contributed by atoms with van der Waals surface area (Å²) in [6, 6.07) is 7.88. The largest absolute Gasteiger partial charge is 0.352 e. The van der Waals surface area contributed by atoms with Crippen LogP contribution >= 0.6 is 0 Å². The predicted octanol–water partition coefficient (Wildman–Crippen LogP) is 2.78. The van der Waals surface area contributed by atoms with Crippen LogP contribution in [-0.4, -0.2) is 40.6 Å². The Morgan fingerprint density at radius 3 is 2.76 bits per heavy atom. The van der Waals surface area contributed by atoms with Crippen molar-refractivity contribution in [1.82, 2.24) is 20.4 Å². The van der Waals surface area contributed by atoms with E-state index in [-0.39, 0.29) is 11.3 Å². The zero-order valence-electron chi connectivity index (χ0n) is 15.2. The van der Waals surface area contributed by atoms with Crippen molar-refractivity contribution in [3.8, 4) is 11.4 Å². The number of aryl methyl sites for hydroxylation is 1. The summed E-state index contributed by atoms with van der Waals surface area (Å²) in [5, 5.41) is 7.02. The number of nitrogens with one attached hydrogen (secondary N) is 1. The van der Waals surface area contributed by atoms with Crippen molar-refractivity contribution in [2.24, 2.45) is 5.41 Å². The van der Waals surface area contributed by atoms with Crippen LogP contribution in [0.2, 0.25) is 0 Å². The third-order valence-electron chi connectivity index (χ3n) is 4.96. The number of amides is 1. The first-order valence-corrected chi connectivity index (χ1v) is 8.90. The Morgan fingerprint density at radius 1 is 1.36 bits per heavy atom. The van der Waals surface area contributed by atoms with Crippen molar-refractivity contribution in [2.75, 3.05) is 19.6 Å². The Labute approximate surface area is 148 Å². The van der Waals surface area contributed by atoms with Gasteiger partial charge >= 0.3 is 0 Å². The molecule has 3 rings (SSSR count). The van der Waals surface area contributed by atoms with E-state index in [0.29, 0.717) is 18.3 Å². The lowest BCUT2D eigenvalue weighted by molar-refractivity contribution is -0.133.